The fourth-order valence-electron chi connectivity index (χ4n) is 6.16. The summed E-state index contributed by atoms with van der Waals surface area (Å²) in [5.74, 6) is -4.61. The summed E-state index contributed by atoms with van der Waals surface area (Å²) in [6.45, 7) is 3.71. The van der Waals surface area contributed by atoms with Gasteiger partial charge in [-0.1, -0.05) is 71.6 Å². The van der Waals surface area contributed by atoms with E-state index in [0.29, 0.717) is 12.8 Å². The highest BCUT2D eigenvalue weighted by molar-refractivity contribution is 7.80. The van der Waals surface area contributed by atoms with E-state index in [2.05, 4.69) is 33.9 Å². The second-order valence-corrected chi connectivity index (χ2v) is 12.8. The molecule has 2 aliphatic carbocycles. The van der Waals surface area contributed by atoms with Crippen LogP contribution < -0.4 is 21.3 Å². The number of carbonyl (C=O) groups excluding carboxylic acids is 4. The molecule has 0 aromatic rings. The summed E-state index contributed by atoms with van der Waals surface area (Å²) in [5, 5.41) is 29.3. The van der Waals surface area contributed by atoms with Gasteiger partial charge in [0.2, 0.25) is 23.6 Å². The van der Waals surface area contributed by atoms with Crippen LogP contribution in [-0.2, 0) is 28.8 Å². The Morgan fingerprint density at radius 1 is 0.750 bits per heavy atom. The monoisotopic (exact) mass is 640 g/mol. The van der Waals surface area contributed by atoms with E-state index in [0.717, 1.165) is 64.2 Å². The number of carboxylic acids is 2. The number of nitrogens with one attached hydrogen (secondary N) is 4. The molecule has 4 amide bonds. The van der Waals surface area contributed by atoms with Crippen LogP contribution in [0, 0.1) is 17.8 Å². The Bertz CT molecular complexity index is 984. The molecule has 1 unspecified atom stereocenters. The van der Waals surface area contributed by atoms with Crippen molar-refractivity contribution in [3.8, 4) is 0 Å². The second kappa shape index (κ2) is 19.5. The van der Waals surface area contributed by atoms with E-state index in [1.54, 1.807) is 0 Å². The molecule has 44 heavy (non-hydrogen) atoms. The molecule has 2 fully saturated rings. The Morgan fingerprint density at radius 3 is 1.89 bits per heavy atom. The second-order valence-electron chi connectivity index (χ2n) is 12.4. The topological polar surface area (TPSA) is 191 Å². The van der Waals surface area contributed by atoms with Gasteiger partial charge in [-0.15, -0.1) is 0 Å². The first-order valence-corrected chi connectivity index (χ1v) is 16.9. The third-order valence-corrected chi connectivity index (χ3v) is 9.40. The maximum atomic E-state index is 13.8. The Kier molecular flexibility index (Phi) is 16.6. The maximum Gasteiger partial charge on any atom is 0.327 e. The lowest BCUT2D eigenvalue weighted by Crippen LogP contribution is -2.60. The van der Waals surface area contributed by atoms with E-state index in [-0.39, 0.29) is 42.8 Å². The quantitative estimate of drug-likeness (QED) is 0.111. The summed E-state index contributed by atoms with van der Waals surface area (Å²) in [5.41, 5.74) is 0. The Morgan fingerprint density at radius 2 is 1.34 bits per heavy atom. The Hall–Kier alpha value is -2.83. The molecule has 0 aromatic carbocycles. The van der Waals surface area contributed by atoms with Gasteiger partial charge in [0.05, 0.1) is 0 Å². The molecule has 0 aromatic heterocycles. The molecule has 250 valence electrons. The molecule has 0 heterocycles. The zero-order valence-corrected chi connectivity index (χ0v) is 27.0. The van der Waals surface area contributed by atoms with Gasteiger partial charge in [-0.2, -0.15) is 12.6 Å². The molecule has 2 saturated carbocycles. The van der Waals surface area contributed by atoms with Gasteiger partial charge in [0, 0.05) is 18.6 Å². The number of hydrogen-bond donors (Lipinski definition) is 7. The molecule has 0 spiro atoms. The number of carbonyl (C=O) groups is 6. The molecule has 0 aliphatic heterocycles. The van der Waals surface area contributed by atoms with Gasteiger partial charge < -0.3 is 31.5 Å². The molecule has 12 nitrogen and oxygen atoms in total. The zero-order chi connectivity index (χ0) is 32.6. The third-order valence-electron chi connectivity index (χ3n) is 9.03. The number of rotatable bonds is 18. The van der Waals surface area contributed by atoms with E-state index in [1.165, 1.54) is 0 Å². The number of carboxylic acid groups (broad SMARTS) is 2. The lowest BCUT2D eigenvalue weighted by molar-refractivity contribution is -0.142. The van der Waals surface area contributed by atoms with Crippen molar-refractivity contribution < 1.29 is 39.0 Å². The lowest BCUT2D eigenvalue weighted by atomic mass is 9.83. The van der Waals surface area contributed by atoms with Crippen LogP contribution in [0.2, 0.25) is 0 Å². The predicted molar refractivity (Wildman–Crippen MR) is 168 cm³/mol. The summed E-state index contributed by atoms with van der Waals surface area (Å²) < 4.78 is 0. The van der Waals surface area contributed by atoms with Crippen LogP contribution in [0.15, 0.2) is 0 Å². The highest BCUT2D eigenvalue weighted by atomic mass is 32.1. The van der Waals surface area contributed by atoms with Crippen molar-refractivity contribution in [2.75, 3.05) is 5.75 Å². The average molecular weight is 641 g/mol. The van der Waals surface area contributed by atoms with Crippen LogP contribution in [0.4, 0.5) is 0 Å². The summed E-state index contributed by atoms with van der Waals surface area (Å²) in [7, 11) is 0. The molecule has 6 N–H and O–H groups in total. The first-order valence-electron chi connectivity index (χ1n) is 16.2. The SMILES string of the molecule is CCC(C)[C@H](NC(=O)[C@@H](NC(=O)CCCC(=O)O)C1CCCCC1)C(=O)N[C@@H](CC1CCCCC1)C(=O)N[C@@H](CS)C(=O)O. The van der Waals surface area contributed by atoms with Crippen molar-refractivity contribution in [1.82, 2.24) is 21.3 Å². The van der Waals surface area contributed by atoms with Crippen molar-refractivity contribution in [3.63, 3.8) is 0 Å². The summed E-state index contributed by atoms with van der Waals surface area (Å²) in [6.07, 6.45) is 10.2. The normalized spacial score (nSPS) is 19.4. The first kappa shape index (κ1) is 37.4. The van der Waals surface area contributed by atoms with Crippen LogP contribution in [0.25, 0.3) is 0 Å². The van der Waals surface area contributed by atoms with Gasteiger partial charge in [0.25, 0.3) is 0 Å². The Balaban J connectivity index is 2.23. The van der Waals surface area contributed by atoms with Gasteiger partial charge >= 0.3 is 11.9 Å². The van der Waals surface area contributed by atoms with Crippen molar-refractivity contribution in [2.45, 2.75) is 134 Å². The van der Waals surface area contributed by atoms with Gasteiger partial charge in [0.15, 0.2) is 0 Å². The fraction of sp³-hybridized carbons (Fsp3) is 0.806. The molecule has 0 bridgehead atoms. The highest BCUT2D eigenvalue weighted by Crippen LogP contribution is 2.28. The van der Waals surface area contributed by atoms with E-state index in [9.17, 15) is 33.9 Å². The molecule has 2 aliphatic rings. The Labute approximate surface area is 266 Å². The van der Waals surface area contributed by atoms with Crippen LogP contribution in [0.5, 0.6) is 0 Å². The highest BCUT2D eigenvalue weighted by Gasteiger charge is 2.36. The molecular formula is C31H52N4O8S. The zero-order valence-electron chi connectivity index (χ0n) is 26.1. The van der Waals surface area contributed by atoms with Gasteiger partial charge in [-0.3, -0.25) is 24.0 Å². The fourth-order valence-corrected chi connectivity index (χ4v) is 6.41. The van der Waals surface area contributed by atoms with E-state index in [1.807, 2.05) is 13.8 Å². The first-order chi connectivity index (χ1) is 21.0. The van der Waals surface area contributed by atoms with Crippen molar-refractivity contribution in [1.29, 1.82) is 0 Å². The van der Waals surface area contributed by atoms with Gasteiger partial charge in [0.1, 0.15) is 24.2 Å². The molecule has 5 atom stereocenters. The van der Waals surface area contributed by atoms with E-state index in [4.69, 9.17) is 5.11 Å². The van der Waals surface area contributed by atoms with Crippen LogP contribution in [0.3, 0.4) is 0 Å². The summed E-state index contributed by atoms with van der Waals surface area (Å²) in [6, 6.07) is -4.07. The number of aliphatic carboxylic acids is 2. The molecule has 0 radical (unpaired) electrons. The van der Waals surface area contributed by atoms with E-state index >= 15 is 0 Å². The largest absolute Gasteiger partial charge is 0.481 e. The number of amides is 4. The minimum absolute atomic E-state index is 0.0281. The molecule has 2 rings (SSSR count). The smallest absolute Gasteiger partial charge is 0.327 e. The minimum Gasteiger partial charge on any atom is -0.481 e. The van der Waals surface area contributed by atoms with Crippen molar-refractivity contribution >= 4 is 48.2 Å². The van der Waals surface area contributed by atoms with Crippen molar-refractivity contribution in [3.05, 3.63) is 0 Å². The van der Waals surface area contributed by atoms with Crippen LogP contribution in [0.1, 0.15) is 110 Å². The predicted octanol–water partition coefficient (Wildman–Crippen LogP) is 2.79. The number of hydrogen-bond acceptors (Lipinski definition) is 7. The number of thiol groups is 1. The third kappa shape index (κ3) is 12.6. The average Bonchev–Trinajstić information content (AvgIpc) is 3.00. The summed E-state index contributed by atoms with van der Waals surface area (Å²) in [4.78, 5) is 75.9. The summed E-state index contributed by atoms with van der Waals surface area (Å²) >= 11 is 4.04. The minimum atomic E-state index is -1.22. The van der Waals surface area contributed by atoms with Crippen LogP contribution >= 0.6 is 12.6 Å². The lowest BCUT2D eigenvalue weighted by Gasteiger charge is -2.33. The van der Waals surface area contributed by atoms with Crippen LogP contribution in [-0.4, -0.2) is 75.7 Å². The van der Waals surface area contributed by atoms with E-state index < -0.39 is 59.7 Å². The standard InChI is InChI=1S/C31H52N4O8S/c1-3-19(2)26(35-30(41)27(21-13-8-5-9-14-21)34-24(36)15-10-16-25(37)38)29(40)32-22(17-20-11-6-4-7-12-20)28(39)33-23(18-44)31(42)43/h19-23,26-27,44H,3-18H2,1-2H3,(H,32,40)(H,33,39)(H,34,36)(H,35,41)(H,37,38)(H,42,43)/t19?,22-,23-,26-,27-/m0/s1. The van der Waals surface area contributed by atoms with Gasteiger partial charge in [-0.25, -0.2) is 4.79 Å². The van der Waals surface area contributed by atoms with Crippen molar-refractivity contribution in [2.24, 2.45) is 17.8 Å². The molecule has 0 saturated heterocycles. The molecular weight excluding hydrogens is 588 g/mol. The maximum absolute atomic E-state index is 13.8. The van der Waals surface area contributed by atoms with Gasteiger partial charge in [-0.05, 0) is 43.4 Å². The molecule has 13 heteroatoms.